The van der Waals surface area contributed by atoms with Crippen LogP contribution in [0.4, 0.5) is 4.39 Å². The van der Waals surface area contributed by atoms with Gasteiger partial charge in [-0.2, -0.15) is 0 Å². The first-order valence-electron chi connectivity index (χ1n) is 5.59. The summed E-state index contributed by atoms with van der Waals surface area (Å²) in [7, 11) is 0. The largest absolute Gasteiger partial charge is 0.391 e. The Bertz CT molecular complexity index is 152. The highest BCUT2D eigenvalue weighted by Gasteiger charge is 2.22. The lowest BCUT2D eigenvalue weighted by Crippen LogP contribution is -2.29. The van der Waals surface area contributed by atoms with Crippen LogP contribution in [-0.2, 0) is 4.74 Å². The first-order valence-corrected chi connectivity index (χ1v) is 5.59. The van der Waals surface area contributed by atoms with E-state index in [1.165, 1.54) is 19.3 Å². The van der Waals surface area contributed by atoms with Gasteiger partial charge in [-0.05, 0) is 18.8 Å². The van der Waals surface area contributed by atoms with Crippen molar-refractivity contribution in [2.75, 3.05) is 13.3 Å². The van der Waals surface area contributed by atoms with Crippen LogP contribution in [-0.4, -0.2) is 30.6 Å². The first-order chi connectivity index (χ1) is 6.74. The van der Waals surface area contributed by atoms with Crippen molar-refractivity contribution in [3.05, 3.63) is 0 Å². The molecular formula is C11H21FO2. The molecule has 84 valence electrons. The number of ether oxygens (including phenoxy) is 1. The highest BCUT2D eigenvalue weighted by molar-refractivity contribution is 4.72. The van der Waals surface area contributed by atoms with Crippen molar-refractivity contribution in [2.24, 2.45) is 5.92 Å². The zero-order valence-corrected chi connectivity index (χ0v) is 8.92. The summed E-state index contributed by atoms with van der Waals surface area (Å²) in [6.45, 7) is 2.01. The Morgan fingerprint density at radius 2 is 2.14 bits per heavy atom. The second kappa shape index (κ2) is 6.36. The second-order valence-corrected chi connectivity index (χ2v) is 4.27. The third-order valence-corrected chi connectivity index (χ3v) is 2.98. The lowest BCUT2D eigenvalue weighted by Gasteiger charge is -2.29. The van der Waals surface area contributed by atoms with Crippen molar-refractivity contribution < 1.29 is 14.2 Å². The summed E-state index contributed by atoms with van der Waals surface area (Å²) in [6.07, 6.45) is 4.64. The van der Waals surface area contributed by atoms with Gasteiger partial charge in [-0.15, -0.1) is 0 Å². The van der Waals surface area contributed by atoms with E-state index in [2.05, 4.69) is 6.92 Å². The smallest absolute Gasteiger partial charge is 0.0919 e. The van der Waals surface area contributed by atoms with Crippen LogP contribution >= 0.6 is 0 Å². The van der Waals surface area contributed by atoms with Crippen molar-refractivity contribution in [2.45, 2.75) is 51.2 Å². The molecule has 0 heterocycles. The Balaban J connectivity index is 2.15. The van der Waals surface area contributed by atoms with Gasteiger partial charge in [-0.25, -0.2) is 0 Å². The zero-order chi connectivity index (χ0) is 10.4. The Hall–Kier alpha value is -0.150. The van der Waals surface area contributed by atoms with E-state index in [0.29, 0.717) is 12.5 Å². The first kappa shape index (κ1) is 11.9. The minimum atomic E-state index is -0.630. The molecule has 1 N–H and O–H groups in total. The SMILES string of the molecule is CC1CCCCC1OCC(O)CCF. The van der Waals surface area contributed by atoms with E-state index < -0.39 is 12.8 Å². The Labute approximate surface area is 85.5 Å². The fourth-order valence-corrected chi connectivity index (χ4v) is 1.97. The summed E-state index contributed by atoms with van der Waals surface area (Å²) >= 11 is 0. The number of aliphatic hydroxyl groups is 1. The van der Waals surface area contributed by atoms with E-state index in [-0.39, 0.29) is 12.5 Å². The highest BCUT2D eigenvalue weighted by Crippen LogP contribution is 2.26. The van der Waals surface area contributed by atoms with Gasteiger partial charge in [-0.1, -0.05) is 19.8 Å². The van der Waals surface area contributed by atoms with Gasteiger partial charge >= 0.3 is 0 Å². The summed E-state index contributed by atoms with van der Waals surface area (Å²) in [5.41, 5.74) is 0. The number of alkyl halides is 1. The molecule has 0 aliphatic heterocycles. The lowest BCUT2D eigenvalue weighted by atomic mass is 9.88. The number of hydrogen-bond acceptors (Lipinski definition) is 2. The molecular weight excluding hydrogens is 183 g/mol. The molecule has 0 aromatic carbocycles. The lowest BCUT2D eigenvalue weighted by molar-refractivity contribution is -0.0486. The van der Waals surface area contributed by atoms with Crippen LogP contribution in [0.1, 0.15) is 39.0 Å². The fraction of sp³-hybridized carbons (Fsp3) is 1.00. The third kappa shape index (κ3) is 3.93. The van der Waals surface area contributed by atoms with Crippen molar-refractivity contribution in [1.29, 1.82) is 0 Å². The molecule has 1 aliphatic carbocycles. The van der Waals surface area contributed by atoms with Gasteiger partial charge in [0.2, 0.25) is 0 Å². The van der Waals surface area contributed by atoms with Crippen LogP contribution in [0, 0.1) is 5.92 Å². The normalized spacial score (nSPS) is 30.2. The fourth-order valence-electron chi connectivity index (χ4n) is 1.97. The van der Waals surface area contributed by atoms with Crippen LogP contribution in [0.25, 0.3) is 0 Å². The van der Waals surface area contributed by atoms with Gasteiger partial charge in [0.05, 0.1) is 25.5 Å². The minimum Gasteiger partial charge on any atom is -0.391 e. The van der Waals surface area contributed by atoms with Crippen LogP contribution in [0.2, 0.25) is 0 Å². The average Bonchev–Trinajstić information content (AvgIpc) is 2.17. The summed E-state index contributed by atoms with van der Waals surface area (Å²) in [5.74, 6) is 0.585. The second-order valence-electron chi connectivity index (χ2n) is 4.27. The minimum absolute atomic E-state index is 0.196. The molecule has 3 heteroatoms. The predicted octanol–water partition coefficient (Wildman–Crippen LogP) is 2.30. The Morgan fingerprint density at radius 1 is 1.43 bits per heavy atom. The van der Waals surface area contributed by atoms with E-state index in [1.54, 1.807) is 0 Å². The van der Waals surface area contributed by atoms with Crippen molar-refractivity contribution in [3.63, 3.8) is 0 Å². The van der Waals surface area contributed by atoms with E-state index in [0.717, 1.165) is 6.42 Å². The maximum absolute atomic E-state index is 11.9. The summed E-state index contributed by atoms with van der Waals surface area (Å²) in [5, 5.41) is 9.30. The molecule has 0 bridgehead atoms. The van der Waals surface area contributed by atoms with Crippen molar-refractivity contribution in [1.82, 2.24) is 0 Å². The zero-order valence-electron chi connectivity index (χ0n) is 8.92. The van der Waals surface area contributed by atoms with Crippen LogP contribution in [0.5, 0.6) is 0 Å². The molecule has 2 nitrogen and oxygen atoms in total. The van der Waals surface area contributed by atoms with Gasteiger partial charge in [0.25, 0.3) is 0 Å². The maximum atomic E-state index is 11.9. The van der Waals surface area contributed by atoms with Gasteiger partial charge in [0.1, 0.15) is 0 Å². The summed E-state index contributed by atoms with van der Waals surface area (Å²) in [6, 6.07) is 0. The molecule has 0 radical (unpaired) electrons. The highest BCUT2D eigenvalue weighted by atomic mass is 19.1. The average molecular weight is 204 g/mol. The quantitative estimate of drug-likeness (QED) is 0.744. The van der Waals surface area contributed by atoms with E-state index in [9.17, 15) is 9.50 Å². The molecule has 3 unspecified atom stereocenters. The van der Waals surface area contributed by atoms with Gasteiger partial charge in [0.15, 0.2) is 0 Å². The standard InChI is InChI=1S/C11H21FO2/c1-9-4-2-3-5-11(9)14-8-10(13)6-7-12/h9-11,13H,2-8H2,1H3. The maximum Gasteiger partial charge on any atom is 0.0919 e. The van der Waals surface area contributed by atoms with Crippen LogP contribution in [0.15, 0.2) is 0 Å². The third-order valence-electron chi connectivity index (χ3n) is 2.98. The molecule has 0 saturated heterocycles. The van der Waals surface area contributed by atoms with E-state index >= 15 is 0 Å². The van der Waals surface area contributed by atoms with Crippen molar-refractivity contribution in [3.8, 4) is 0 Å². The number of rotatable bonds is 5. The van der Waals surface area contributed by atoms with Crippen LogP contribution < -0.4 is 0 Å². The molecule has 1 aliphatic rings. The molecule has 0 amide bonds. The molecule has 1 rings (SSSR count). The summed E-state index contributed by atoms with van der Waals surface area (Å²) in [4.78, 5) is 0. The number of aliphatic hydroxyl groups excluding tert-OH is 1. The molecule has 0 aromatic heterocycles. The Kier molecular flexibility index (Phi) is 5.41. The summed E-state index contributed by atoms with van der Waals surface area (Å²) < 4.78 is 17.5. The monoisotopic (exact) mass is 204 g/mol. The molecule has 1 fully saturated rings. The predicted molar refractivity (Wildman–Crippen MR) is 54.0 cm³/mol. The molecule has 14 heavy (non-hydrogen) atoms. The molecule has 0 aromatic rings. The van der Waals surface area contributed by atoms with E-state index in [4.69, 9.17) is 4.74 Å². The van der Waals surface area contributed by atoms with Gasteiger partial charge in [0, 0.05) is 6.42 Å². The number of halogens is 1. The van der Waals surface area contributed by atoms with Crippen LogP contribution in [0.3, 0.4) is 0 Å². The topological polar surface area (TPSA) is 29.5 Å². The van der Waals surface area contributed by atoms with Gasteiger partial charge in [-0.3, -0.25) is 4.39 Å². The molecule has 1 saturated carbocycles. The van der Waals surface area contributed by atoms with E-state index in [1.807, 2.05) is 0 Å². The number of hydrogen-bond donors (Lipinski definition) is 1. The Morgan fingerprint density at radius 3 is 2.79 bits per heavy atom. The van der Waals surface area contributed by atoms with Gasteiger partial charge < -0.3 is 9.84 Å². The van der Waals surface area contributed by atoms with Crippen molar-refractivity contribution >= 4 is 0 Å². The molecule has 0 spiro atoms. The molecule has 3 atom stereocenters.